The van der Waals surface area contributed by atoms with E-state index in [0.29, 0.717) is 5.69 Å². The summed E-state index contributed by atoms with van der Waals surface area (Å²) in [4.78, 5) is 15.3. The summed E-state index contributed by atoms with van der Waals surface area (Å²) in [7, 11) is 0. The Labute approximate surface area is 123 Å². The first-order valence-electron chi connectivity index (χ1n) is 6.52. The minimum absolute atomic E-state index is 0.0410. The third-order valence-corrected chi connectivity index (χ3v) is 2.92. The summed E-state index contributed by atoms with van der Waals surface area (Å²) in [5, 5.41) is 12.4. The zero-order valence-electron chi connectivity index (χ0n) is 12.0. The summed E-state index contributed by atoms with van der Waals surface area (Å²) in [5.41, 5.74) is -0.497. The van der Waals surface area contributed by atoms with Gasteiger partial charge in [-0.05, 0) is 18.9 Å². The molecule has 2 heterocycles. The van der Waals surface area contributed by atoms with Crippen molar-refractivity contribution in [2.75, 3.05) is 6.54 Å². The van der Waals surface area contributed by atoms with Crippen LogP contribution in [0.4, 0.5) is 13.2 Å². The Morgan fingerprint density at radius 3 is 2.82 bits per heavy atom. The fourth-order valence-corrected chi connectivity index (χ4v) is 1.94. The fourth-order valence-electron chi connectivity index (χ4n) is 1.94. The number of hydrogen-bond acceptors (Lipinski definition) is 4. The molecule has 0 aliphatic heterocycles. The van der Waals surface area contributed by atoms with Crippen LogP contribution in [0.25, 0.3) is 0 Å². The van der Waals surface area contributed by atoms with Gasteiger partial charge in [-0.15, -0.1) is 0 Å². The minimum atomic E-state index is -4.45. The number of hydrogen-bond donors (Lipinski definition) is 2. The molecule has 0 radical (unpaired) electrons. The van der Waals surface area contributed by atoms with Crippen LogP contribution in [-0.4, -0.2) is 37.4 Å². The second kappa shape index (κ2) is 6.16. The molecule has 0 saturated heterocycles. The van der Waals surface area contributed by atoms with Crippen molar-refractivity contribution in [1.82, 2.24) is 30.3 Å². The molecule has 2 aromatic heterocycles. The van der Waals surface area contributed by atoms with Crippen molar-refractivity contribution in [2.24, 2.45) is 5.92 Å². The standard InChI is InChI=1S/C12H15F3N6O/c1-7(4-16-11(22)10-17-6-18-19-10)5-21-9(12(13,14)15)3-8(2)20-21/h3,6-7H,4-5H2,1-2H3,(H,16,22)(H,17,18,19). The predicted octanol–water partition coefficient (Wildman–Crippen LogP) is 1.39. The Hall–Kier alpha value is -2.39. The van der Waals surface area contributed by atoms with Gasteiger partial charge >= 0.3 is 6.18 Å². The van der Waals surface area contributed by atoms with Crippen molar-refractivity contribution >= 4 is 5.91 Å². The lowest BCUT2D eigenvalue weighted by molar-refractivity contribution is -0.144. The Morgan fingerprint density at radius 1 is 1.50 bits per heavy atom. The minimum Gasteiger partial charge on any atom is -0.349 e. The molecule has 0 aromatic carbocycles. The van der Waals surface area contributed by atoms with Crippen LogP contribution in [0, 0.1) is 12.8 Å². The van der Waals surface area contributed by atoms with E-state index in [-0.39, 0.29) is 24.8 Å². The van der Waals surface area contributed by atoms with Crippen molar-refractivity contribution in [2.45, 2.75) is 26.6 Å². The van der Waals surface area contributed by atoms with Crippen molar-refractivity contribution in [3.63, 3.8) is 0 Å². The quantitative estimate of drug-likeness (QED) is 0.872. The number of nitrogens with zero attached hydrogens (tertiary/aromatic N) is 4. The Kier molecular flexibility index (Phi) is 4.48. The van der Waals surface area contributed by atoms with Crippen LogP contribution in [0.5, 0.6) is 0 Å². The van der Waals surface area contributed by atoms with Gasteiger partial charge in [0.05, 0.1) is 5.69 Å². The zero-order valence-corrected chi connectivity index (χ0v) is 12.0. The molecule has 1 amide bonds. The van der Waals surface area contributed by atoms with Crippen LogP contribution in [0.3, 0.4) is 0 Å². The Balaban J connectivity index is 1.95. The molecule has 10 heteroatoms. The highest BCUT2D eigenvalue weighted by atomic mass is 19.4. The number of carbonyl (C=O) groups is 1. The van der Waals surface area contributed by atoms with E-state index in [2.05, 4.69) is 25.6 Å². The third-order valence-electron chi connectivity index (χ3n) is 2.92. The van der Waals surface area contributed by atoms with Crippen LogP contribution in [0.1, 0.15) is 28.9 Å². The van der Waals surface area contributed by atoms with Crippen molar-refractivity contribution in [1.29, 1.82) is 0 Å². The maximum atomic E-state index is 12.9. The summed E-state index contributed by atoms with van der Waals surface area (Å²) in [6.07, 6.45) is -3.26. The second-order valence-corrected chi connectivity index (χ2v) is 5.00. The Bertz CT molecular complexity index is 634. The number of aromatic amines is 1. The van der Waals surface area contributed by atoms with E-state index in [1.807, 2.05) is 0 Å². The molecular formula is C12H15F3N6O. The summed E-state index contributed by atoms with van der Waals surface area (Å²) in [6, 6.07) is 1.000. The average Bonchev–Trinajstić information content (AvgIpc) is 3.04. The molecule has 0 aliphatic carbocycles. The SMILES string of the molecule is Cc1cc(C(F)(F)F)n(CC(C)CNC(=O)c2ncn[nH]2)n1. The highest BCUT2D eigenvalue weighted by Crippen LogP contribution is 2.30. The Morgan fingerprint density at radius 2 is 2.23 bits per heavy atom. The maximum absolute atomic E-state index is 12.9. The number of carbonyl (C=O) groups excluding carboxylic acids is 1. The monoisotopic (exact) mass is 316 g/mol. The van der Waals surface area contributed by atoms with Crippen LogP contribution >= 0.6 is 0 Å². The smallest absolute Gasteiger partial charge is 0.349 e. The van der Waals surface area contributed by atoms with Gasteiger partial charge in [0.1, 0.15) is 12.0 Å². The van der Waals surface area contributed by atoms with E-state index in [0.717, 1.165) is 10.7 Å². The van der Waals surface area contributed by atoms with Gasteiger partial charge in [0.15, 0.2) is 0 Å². The molecule has 0 spiro atoms. The lowest BCUT2D eigenvalue weighted by Gasteiger charge is -2.15. The number of rotatable bonds is 5. The number of aromatic nitrogens is 5. The molecule has 0 saturated carbocycles. The number of H-pyrrole nitrogens is 1. The molecule has 22 heavy (non-hydrogen) atoms. The van der Waals surface area contributed by atoms with E-state index in [1.54, 1.807) is 6.92 Å². The molecule has 120 valence electrons. The fraction of sp³-hybridized carbons (Fsp3) is 0.500. The van der Waals surface area contributed by atoms with E-state index in [1.165, 1.54) is 13.3 Å². The number of alkyl halides is 3. The van der Waals surface area contributed by atoms with Gasteiger partial charge in [-0.3, -0.25) is 14.6 Å². The number of nitrogens with one attached hydrogen (secondary N) is 2. The van der Waals surface area contributed by atoms with Gasteiger partial charge in [-0.2, -0.15) is 23.4 Å². The summed E-state index contributed by atoms with van der Waals surface area (Å²) in [6.45, 7) is 3.45. The topological polar surface area (TPSA) is 88.5 Å². The van der Waals surface area contributed by atoms with Gasteiger partial charge in [-0.1, -0.05) is 6.92 Å². The molecule has 0 bridgehead atoms. The molecule has 2 rings (SSSR count). The largest absolute Gasteiger partial charge is 0.433 e. The van der Waals surface area contributed by atoms with Gasteiger partial charge in [-0.25, -0.2) is 4.98 Å². The first-order valence-corrected chi connectivity index (χ1v) is 6.52. The lowest BCUT2D eigenvalue weighted by Crippen LogP contribution is -2.31. The molecular weight excluding hydrogens is 301 g/mol. The normalized spacial score (nSPS) is 13.1. The van der Waals surface area contributed by atoms with E-state index in [9.17, 15) is 18.0 Å². The van der Waals surface area contributed by atoms with Crippen molar-refractivity contribution < 1.29 is 18.0 Å². The molecule has 2 aromatic rings. The van der Waals surface area contributed by atoms with E-state index < -0.39 is 17.8 Å². The molecule has 0 aliphatic rings. The van der Waals surface area contributed by atoms with Crippen molar-refractivity contribution in [3.8, 4) is 0 Å². The first-order chi connectivity index (χ1) is 10.3. The van der Waals surface area contributed by atoms with Crippen LogP contribution in [0.2, 0.25) is 0 Å². The molecule has 1 atom stereocenters. The second-order valence-electron chi connectivity index (χ2n) is 5.00. The molecule has 1 unspecified atom stereocenters. The van der Waals surface area contributed by atoms with Gasteiger partial charge < -0.3 is 5.32 Å². The number of aryl methyl sites for hydroxylation is 1. The maximum Gasteiger partial charge on any atom is 0.433 e. The first kappa shape index (κ1) is 16.0. The number of amides is 1. The van der Waals surface area contributed by atoms with Crippen LogP contribution < -0.4 is 5.32 Å². The molecule has 7 nitrogen and oxygen atoms in total. The van der Waals surface area contributed by atoms with Gasteiger partial charge in [0.25, 0.3) is 5.91 Å². The summed E-state index contributed by atoms with van der Waals surface area (Å²) >= 11 is 0. The van der Waals surface area contributed by atoms with Gasteiger partial charge in [0.2, 0.25) is 5.82 Å². The highest BCUT2D eigenvalue weighted by Gasteiger charge is 2.35. The van der Waals surface area contributed by atoms with Crippen molar-refractivity contribution in [3.05, 3.63) is 29.6 Å². The number of halogens is 3. The zero-order chi connectivity index (χ0) is 16.3. The van der Waals surface area contributed by atoms with E-state index >= 15 is 0 Å². The highest BCUT2D eigenvalue weighted by molar-refractivity contribution is 5.90. The predicted molar refractivity (Wildman–Crippen MR) is 69.8 cm³/mol. The molecule has 0 fully saturated rings. The van der Waals surface area contributed by atoms with Crippen LogP contribution in [0.15, 0.2) is 12.4 Å². The summed E-state index contributed by atoms with van der Waals surface area (Å²) in [5.74, 6) is -0.651. The average molecular weight is 316 g/mol. The summed E-state index contributed by atoms with van der Waals surface area (Å²) < 4.78 is 39.5. The van der Waals surface area contributed by atoms with Crippen LogP contribution in [-0.2, 0) is 12.7 Å². The third kappa shape index (κ3) is 3.83. The van der Waals surface area contributed by atoms with Gasteiger partial charge in [0, 0.05) is 13.1 Å². The molecule has 2 N–H and O–H groups in total. The lowest BCUT2D eigenvalue weighted by atomic mass is 10.2. The van der Waals surface area contributed by atoms with E-state index in [4.69, 9.17) is 0 Å².